The van der Waals surface area contributed by atoms with Gasteiger partial charge in [-0.15, -0.1) is 0 Å². The minimum absolute atomic E-state index is 0.326. The molecule has 0 radical (unpaired) electrons. The van der Waals surface area contributed by atoms with Crippen molar-refractivity contribution >= 4 is 37.0 Å². The van der Waals surface area contributed by atoms with Crippen molar-refractivity contribution in [3.63, 3.8) is 0 Å². The second-order valence-electron chi connectivity index (χ2n) is 3.99. The maximum absolute atomic E-state index is 5.86. The SMILES string of the molecule is CC(C)N=C1NN=C(c2ccc(Cl)cc2)C[Se]1. The van der Waals surface area contributed by atoms with Crippen molar-refractivity contribution in [2.75, 3.05) is 0 Å². The average molecular weight is 315 g/mol. The van der Waals surface area contributed by atoms with Crippen molar-refractivity contribution in [1.29, 1.82) is 0 Å². The fourth-order valence-corrected chi connectivity index (χ4v) is 3.42. The Morgan fingerprint density at radius 3 is 2.59 bits per heavy atom. The van der Waals surface area contributed by atoms with Crippen LogP contribution in [0.1, 0.15) is 19.4 Å². The Kier molecular flexibility index (Phi) is 4.21. The van der Waals surface area contributed by atoms with E-state index in [0.29, 0.717) is 21.0 Å². The summed E-state index contributed by atoms with van der Waals surface area (Å²) in [5.41, 5.74) is 5.27. The Hall–Kier alpha value is -0.831. The first-order valence-electron chi connectivity index (χ1n) is 5.44. The molecule has 0 saturated heterocycles. The van der Waals surface area contributed by atoms with E-state index in [1.165, 1.54) is 0 Å². The number of halogens is 1. The molecular weight excluding hydrogens is 301 g/mol. The van der Waals surface area contributed by atoms with Crippen molar-refractivity contribution in [3.05, 3.63) is 34.9 Å². The van der Waals surface area contributed by atoms with Crippen LogP contribution in [0.4, 0.5) is 0 Å². The van der Waals surface area contributed by atoms with Gasteiger partial charge in [-0.25, -0.2) is 0 Å². The molecule has 1 aliphatic heterocycles. The first-order chi connectivity index (χ1) is 8.15. The van der Waals surface area contributed by atoms with Gasteiger partial charge in [0.05, 0.1) is 0 Å². The first kappa shape index (κ1) is 12.6. The van der Waals surface area contributed by atoms with Crippen LogP contribution in [0.3, 0.4) is 0 Å². The summed E-state index contributed by atoms with van der Waals surface area (Å²) < 4.78 is 1.03. The number of nitrogens with zero attached hydrogens (tertiary/aromatic N) is 2. The van der Waals surface area contributed by atoms with Crippen molar-refractivity contribution in [2.24, 2.45) is 10.1 Å². The molecule has 0 amide bonds. The molecule has 90 valence electrons. The quantitative estimate of drug-likeness (QED) is 0.837. The van der Waals surface area contributed by atoms with Crippen LogP contribution in [-0.4, -0.2) is 31.4 Å². The molecule has 0 spiro atoms. The molecule has 1 aliphatic rings. The second-order valence-corrected chi connectivity index (χ2v) is 6.45. The summed E-state index contributed by atoms with van der Waals surface area (Å²) in [7, 11) is 0. The van der Waals surface area contributed by atoms with Gasteiger partial charge in [0.2, 0.25) is 0 Å². The summed E-state index contributed by atoms with van der Waals surface area (Å²) in [6.45, 7) is 4.15. The number of aliphatic imine (C=N–C) groups is 1. The van der Waals surface area contributed by atoms with Gasteiger partial charge in [-0.05, 0) is 0 Å². The Morgan fingerprint density at radius 2 is 2.06 bits per heavy atom. The van der Waals surface area contributed by atoms with E-state index in [4.69, 9.17) is 11.6 Å². The zero-order valence-corrected chi connectivity index (χ0v) is 12.2. The molecule has 17 heavy (non-hydrogen) atoms. The number of rotatable bonds is 2. The van der Waals surface area contributed by atoms with Crippen LogP contribution in [0.5, 0.6) is 0 Å². The fraction of sp³-hybridized carbons (Fsp3) is 0.333. The summed E-state index contributed by atoms with van der Waals surface area (Å²) in [6, 6.07) is 8.12. The Labute approximate surface area is 113 Å². The molecule has 0 aromatic heterocycles. The van der Waals surface area contributed by atoms with Gasteiger partial charge in [0, 0.05) is 0 Å². The van der Waals surface area contributed by atoms with E-state index in [1.807, 2.05) is 24.3 Å². The predicted octanol–water partition coefficient (Wildman–Crippen LogP) is 2.53. The maximum atomic E-state index is 5.86. The van der Waals surface area contributed by atoms with E-state index in [9.17, 15) is 0 Å². The molecule has 0 bridgehead atoms. The molecule has 0 fully saturated rings. The van der Waals surface area contributed by atoms with E-state index >= 15 is 0 Å². The van der Waals surface area contributed by atoms with Gasteiger partial charge in [-0.2, -0.15) is 0 Å². The molecule has 3 nitrogen and oxygen atoms in total. The monoisotopic (exact) mass is 315 g/mol. The van der Waals surface area contributed by atoms with Crippen molar-refractivity contribution in [1.82, 2.24) is 5.43 Å². The summed E-state index contributed by atoms with van der Waals surface area (Å²) in [5.74, 6) is 0. The third kappa shape index (κ3) is 3.56. The molecule has 0 aliphatic carbocycles. The van der Waals surface area contributed by atoms with Crippen LogP contribution in [0.2, 0.25) is 10.3 Å². The Bertz CT molecular complexity index is 451. The Morgan fingerprint density at radius 1 is 1.35 bits per heavy atom. The van der Waals surface area contributed by atoms with Crippen molar-refractivity contribution in [2.45, 2.75) is 25.2 Å². The summed E-state index contributed by atoms with van der Waals surface area (Å²) in [6.07, 6.45) is 0. The van der Waals surface area contributed by atoms with Crippen molar-refractivity contribution in [3.8, 4) is 0 Å². The molecule has 5 heteroatoms. The number of hydrogen-bond acceptors (Lipinski definition) is 2. The number of hydrazone groups is 1. The van der Waals surface area contributed by atoms with Gasteiger partial charge in [0.15, 0.2) is 0 Å². The molecule has 1 aromatic carbocycles. The molecule has 1 aromatic rings. The molecule has 0 unspecified atom stereocenters. The third-order valence-corrected chi connectivity index (χ3v) is 4.30. The van der Waals surface area contributed by atoms with Crippen LogP contribution in [0, 0.1) is 0 Å². The fourth-order valence-electron chi connectivity index (χ4n) is 1.41. The van der Waals surface area contributed by atoms with Crippen LogP contribution in [-0.2, 0) is 0 Å². The van der Waals surface area contributed by atoms with Crippen LogP contribution >= 0.6 is 11.6 Å². The van der Waals surface area contributed by atoms with Crippen LogP contribution in [0.15, 0.2) is 34.4 Å². The predicted molar refractivity (Wildman–Crippen MR) is 74.3 cm³/mol. The molecule has 1 heterocycles. The summed E-state index contributed by atoms with van der Waals surface area (Å²) in [4.78, 5) is 4.48. The number of amidine groups is 1. The van der Waals surface area contributed by atoms with Gasteiger partial charge >= 0.3 is 113 Å². The standard InChI is InChI=1S/C12H14ClN3Se/c1-8(2)14-12-16-15-11(7-17-12)9-3-5-10(13)6-4-9/h3-6,8H,7H2,1-2H3,(H,14,16). The topological polar surface area (TPSA) is 36.8 Å². The van der Waals surface area contributed by atoms with Crippen LogP contribution < -0.4 is 5.43 Å². The zero-order chi connectivity index (χ0) is 12.3. The van der Waals surface area contributed by atoms with Gasteiger partial charge in [0.1, 0.15) is 0 Å². The van der Waals surface area contributed by atoms with E-state index in [2.05, 4.69) is 29.4 Å². The molecular formula is C12H14ClN3Se. The molecule has 0 atom stereocenters. The Balaban J connectivity index is 2.11. The van der Waals surface area contributed by atoms with Crippen LogP contribution in [0.25, 0.3) is 0 Å². The first-order valence-corrected chi connectivity index (χ1v) is 7.89. The number of hydrogen-bond donors (Lipinski definition) is 1. The van der Waals surface area contributed by atoms with Gasteiger partial charge in [0.25, 0.3) is 0 Å². The second kappa shape index (κ2) is 5.67. The molecule has 1 N–H and O–H groups in total. The minimum atomic E-state index is 0.326. The normalized spacial score (nSPS) is 18.1. The van der Waals surface area contributed by atoms with Gasteiger partial charge in [-0.1, -0.05) is 0 Å². The zero-order valence-electron chi connectivity index (χ0n) is 9.77. The van der Waals surface area contributed by atoms with E-state index in [1.54, 1.807) is 0 Å². The molecule has 0 saturated carbocycles. The van der Waals surface area contributed by atoms with Gasteiger partial charge < -0.3 is 0 Å². The number of benzene rings is 1. The summed E-state index contributed by atoms with van der Waals surface area (Å²) >= 11 is 6.21. The van der Waals surface area contributed by atoms with Crippen molar-refractivity contribution < 1.29 is 0 Å². The van der Waals surface area contributed by atoms with E-state index < -0.39 is 0 Å². The van der Waals surface area contributed by atoms with E-state index in [0.717, 1.165) is 26.4 Å². The molecule has 2 rings (SSSR count). The average Bonchev–Trinajstić information content (AvgIpc) is 2.30. The number of nitrogens with one attached hydrogen (secondary N) is 1. The third-order valence-electron chi connectivity index (χ3n) is 2.19. The van der Waals surface area contributed by atoms with Gasteiger partial charge in [-0.3, -0.25) is 0 Å². The summed E-state index contributed by atoms with van der Waals surface area (Å²) in [5, 5.41) is 6.11. The van der Waals surface area contributed by atoms with E-state index in [-0.39, 0.29) is 0 Å².